The van der Waals surface area contributed by atoms with Crippen LogP contribution in [0, 0.1) is 0 Å². The van der Waals surface area contributed by atoms with Crippen LogP contribution in [0.25, 0.3) is 11.0 Å². The van der Waals surface area contributed by atoms with Gasteiger partial charge in [-0.3, -0.25) is 0 Å². The van der Waals surface area contributed by atoms with Gasteiger partial charge in [0.15, 0.2) is 5.75 Å². The largest absolute Gasteiger partial charge is 0.493 e. The number of benzene rings is 1. The lowest BCUT2D eigenvalue weighted by molar-refractivity contribution is 0.314. The molecule has 1 heterocycles. The Kier molecular flexibility index (Phi) is 9.95. The summed E-state index contributed by atoms with van der Waals surface area (Å²) >= 11 is 0. The molecule has 1 aromatic heterocycles. The third-order valence-corrected chi connectivity index (χ3v) is 4.70. The monoisotopic (exact) mass is 426 g/mol. The van der Waals surface area contributed by atoms with E-state index >= 15 is 0 Å². The summed E-state index contributed by atoms with van der Waals surface area (Å²) in [7, 11) is 1.44. The molecule has 0 aliphatic rings. The van der Waals surface area contributed by atoms with Crippen LogP contribution in [0.2, 0.25) is 0 Å². The summed E-state index contributed by atoms with van der Waals surface area (Å²) < 4.78 is 22.4. The smallest absolute Gasteiger partial charge is 0.383 e. The van der Waals surface area contributed by atoms with Crippen LogP contribution in [0.3, 0.4) is 0 Å². The molecule has 168 valence electrons. The standard InChI is InChI=1S/C26H34O5/c1-6-7-8-9-16-29-21-13-14-22-23(18-21)31-26(27)25(28-5)24(22)30-17-15-20(4)12-10-11-19(2)3/h7-8,11,13-15,18H,6,9-10,12,16-17H2,1-5H3/b8-7+,20-15+. The summed E-state index contributed by atoms with van der Waals surface area (Å²) in [5.41, 5.74) is 2.39. The first-order valence-corrected chi connectivity index (χ1v) is 10.8. The zero-order chi connectivity index (χ0) is 22.6. The second-order valence-corrected chi connectivity index (χ2v) is 7.61. The highest BCUT2D eigenvalue weighted by Crippen LogP contribution is 2.34. The molecule has 0 fully saturated rings. The van der Waals surface area contributed by atoms with Crippen molar-refractivity contribution in [3.63, 3.8) is 0 Å². The van der Waals surface area contributed by atoms with Gasteiger partial charge in [0, 0.05) is 6.07 Å². The van der Waals surface area contributed by atoms with Crippen LogP contribution >= 0.6 is 0 Å². The first-order valence-electron chi connectivity index (χ1n) is 10.8. The van der Waals surface area contributed by atoms with E-state index in [0.717, 1.165) is 25.7 Å². The molecule has 0 N–H and O–H groups in total. The first kappa shape index (κ1) is 24.3. The maximum atomic E-state index is 12.4. The predicted molar refractivity (Wildman–Crippen MR) is 126 cm³/mol. The van der Waals surface area contributed by atoms with Gasteiger partial charge in [0.1, 0.15) is 17.9 Å². The van der Waals surface area contributed by atoms with Crippen molar-refractivity contribution in [1.82, 2.24) is 0 Å². The normalized spacial score (nSPS) is 11.7. The second-order valence-electron chi connectivity index (χ2n) is 7.61. The van der Waals surface area contributed by atoms with Crippen LogP contribution in [0.15, 0.2) is 62.9 Å². The molecule has 0 saturated carbocycles. The van der Waals surface area contributed by atoms with Crippen LogP contribution in [0.1, 0.15) is 53.4 Å². The minimum Gasteiger partial charge on any atom is -0.493 e. The fourth-order valence-corrected chi connectivity index (χ4v) is 3.03. The molecule has 0 aliphatic carbocycles. The molecule has 5 heteroatoms. The van der Waals surface area contributed by atoms with E-state index in [1.807, 2.05) is 18.2 Å². The molecule has 1 aromatic carbocycles. The SMILES string of the molecule is CC/C=C/CCOc1ccc2c(OC/C=C(\C)CCC=C(C)C)c(OC)c(=O)oc2c1. The lowest BCUT2D eigenvalue weighted by Crippen LogP contribution is -2.08. The highest BCUT2D eigenvalue weighted by Gasteiger charge is 2.17. The van der Waals surface area contributed by atoms with Gasteiger partial charge in [-0.25, -0.2) is 4.79 Å². The zero-order valence-corrected chi connectivity index (χ0v) is 19.3. The van der Waals surface area contributed by atoms with E-state index in [-0.39, 0.29) is 5.75 Å². The topological polar surface area (TPSA) is 57.9 Å². The van der Waals surface area contributed by atoms with Crippen molar-refractivity contribution in [3.8, 4) is 17.2 Å². The van der Waals surface area contributed by atoms with Crippen LogP contribution in [-0.4, -0.2) is 20.3 Å². The van der Waals surface area contributed by atoms with Gasteiger partial charge in [-0.2, -0.15) is 0 Å². The van der Waals surface area contributed by atoms with E-state index in [2.05, 4.69) is 45.9 Å². The number of ether oxygens (including phenoxy) is 3. The summed E-state index contributed by atoms with van der Waals surface area (Å²) in [5.74, 6) is 1.10. The number of hydrogen-bond acceptors (Lipinski definition) is 5. The quantitative estimate of drug-likeness (QED) is 0.217. The average Bonchev–Trinajstić information content (AvgIpc) is 2.73. The third-order valence-electron chi connectivity index (χ3n) is 4.70. The molecule has 2 rings (SSSR count). The molecular formula is C26H34O5. The van der Waals surface area contributed by atoms with Crippen molar-refractivity contribution in [3.05, 3.63) is 64.1 Å². The van der Waals surface area contributed by atoms with E-state index in [1.54, 1.807) is 6.07 Å². The van der Waals surface area contributed by atoms with Crippen molar-refractivity contribution < 1.29 is 18.6 Å². The minimum atomic E-state index is -0.572. The summed E-state index contributed by atoms with van der Waals surface area (Å²) in [6.45, 7) is 9.27. The zero-order valence-electron chi connectivity index (χ0n) is 19.3. The fourth-order valence-electron chi connectivity index (χ4n) is 3.03. The van der Waals surface area contributed by atoms with Crippen LogP contribution < -0.4 is 19.8 Å². The molecule has 5 nitrogen and oxygen atoms in total. The first-order chi connectivity index (χ1) is 15.0. The van der Waals surface area contributed by atoms with Crippen LogP contribution in [0.4, 0.5) is 0 Å². The average molecular weight is 427 g/mol. The van der Waals surface area contributed by atoms with Gasteiger partial charge >= 0.3 is 5.63 Å². The maximum absolute atomic E-state index is 12.4. The third kappa shape index (κ3) is 7.67. The molecule has 0 radical (unpaired) electrons. The van der Waals surface area contributed by atoms with Gasteiger partial charge in [0.25, 0.3) is 0 Å². The molecule has 31 heavy (non-hydrogen) atoms. The van der Waals surface area contributed by atoms with Gasteiger partial charge in [-0.05, 0) is 64.7 Å². The Labute approximate surface area is 185 Å². The lowest BCUT2D eigenvalue weighted by Gasteiger charge is -2.12. The predicted octanol–water partition coefficient (Wildman–Crippen LogP) is 6.61. The molecule has 0 spiro atoms. The highest BCUT2D eigenvalue weighted by molar-refractivity contribution is 5.86. The molecule has 0 unspecified atom stereocenters. The van der Waals surface area contributed by atoms with Crippen molar-refractivity contribution in [2.45, 2.75) is 53.4 Å². The molecule has 0 aliphatic heterocycles. The minimum absolute atomic E-state index is 0.0708. The van der Waals surface area contributed by atoms with E-state index in [1.165, 1.54) is 18.3 Å². The summed E-state index contributed by atoms with van der Waals surface area (Å²) in [4.78, 5) is 12.4. The number of rotatable bonds is 12. The van der Waals surface area contributed by atoms with Crippen molar-refractivity contribution in [2.24, 2.45) is 0 Å². The maximum Gasteiger partial charge on any atom is 0.383 e. The number of hydrogen-bond donors (Lipinski definition) is 0. The Morgan fingerprint density at radius 1 is 1.03 bits per heavy atom. The van der Waals surface area contributed by atoms with Gasteiger partial charge in [-0.15, -0.1) is 0 Å². The molecule has 0 saturated heterocycles. The molecule has 2 aromatic rings. The van der Waals surface area contributed by atoms with Crippen LogP contribution in [0.5, 0.6) is 17.2 Å². The second kappa shape index (κ2) is 12.7. The van der Waals surface area contributed by atoms with Crippen molar-refractivity contribution in [2.75, 3.05) is 20.3 Å². The molecule has 0 bridgehead atoms. The fraction of sp³-hybridized carbons (Fsp3) is 0.423. The van der Waals surface area contributed by atoms with E-state index in [9.17, 15) is 4.79 Å². The molecular weight excluding hydrogens is 392 g/mol. The van der Waals surface area contributed by atoms with Gasteiger partial charge in [0.2, 0.25) is 5.75 Å². The Balaban J connectivity index is 2.17. The summed E-state index contributed by atoms with van der Waals surface area (Å²) in [6, 6.07) is 5.39. The Morgan fingerprint density at radius 3 is 2.55 bits per heavy atom. The Bertz CT molecular complexity index is 991. The van der Waals surface area contributed by atoms with Crippen molar-refractivity contribution in [1.29, 1.82) is 0 Å². The van der Waals surface area contributed by atoms with Crippen LogP contribution in [-0.2, 0) is 0 Å². The Morgan fingerprint density at radius 2 is 1.84 bits per heavy atom. The Hall–Kier alpha value is -2.95. The van der Waals surface area contributed by atoms with E-state index in [0.29, 0.717) is 35.7 Å². The number of allylic oxidation sites excluding steroid dienone is 4. The van der Waals surface area contributed by atoms with Gasteiger partial charge in [-0.1, -0.05) is 36.3 Å². The summed E-state index contributed by atoms with van der Waals surface area (Å²) in [6.07, 6.45) is 12.3. The van der Waals surface area contributed by atoms with Gasteiger partial charge < -0.3 is 18.6 Å². The van der Waals surface area contributed by atoms with E-state index < -0.39 is 5.63 Å². The van der Waals surface area contributed by atoms with E-state index in [4.69, 9.17) is 18.6 Å². The van der Waals surface area contributed by atoms with Gasteiger partial charge in [0.05, 0.1) is 19.1 Å². The highest BCUT2D eigenvalue weighted by atomic mass is 16.5. The lowest BCUT2D eigenvalue weighted by atomic mass is 10.1. The van der Waals surface area contributed by atoms with Crippen molar-refractivity contribution >= 4 is 11.0 Å². The number of methoxy groups -OCH3 is 1. The molecule has 0 atom stereocenters. The summed E-state index contributed by atoms with van der Waals surface area (Å²) in [5, 5.41) is 0.672. The number of fused-ring (bicyclic) bond motifs is 1. The molecule has 0 amide bonds.